The van der Waals surface area contributed by atoms with Gasteiger partial charge in [-0.25, -0.2) is 0 Å². The number of carboxylic acid groups (broad SMARTS) is 1. The molecule has 2 N–H and O–H groups in total. The second kappa shape index (κ2) is 10.9. The standard InChI is InChI=1S/C27H24F3N3O4/c1-16-6-3-4-9-20(16)21-11-10-19(13-22(21)27(28,29)30)25-32-24(33-37-25)18-8-5-7-17(12-18)14-31-23(15-36-2)26(34)35/h3-13,23,31H,14-15H2,1-2H3,(H,34,35). The molecule has 0 aliphatic rings. The molecule has 0 saturated heterocycles. The predicted octanol–water partition coefficient (Wildman–Crippen LogP) is 5.59. The third kappa shape index (κ3) is 6.04. The van der Waals surface area contributed by atoms with Crippen LogP contribution in [0.1, 0.15) is 16.7 Å². The highest BCUT2D eigenvalue weighted by Gasteiger charge is 2.34. The fourth-order valence-electron chi connectivity index (χ4n) is 3.93. The van der Waals surface area contributed by atoms with Gasteiger partial charge in [-0.1, -0.05) is 53.7 Å². The van der Waals surface area contributed by atoms with Crippen LogP contribution in [0, 0.1) is 6.92 Å². The topological polar surface area (TPSA) is 97.5 Å². The van der Waals surface area contributed by atoms with E-state index in [2.05, 4.69) is 15.5 Å². The second-order valence-electron chi connectivity index (χ2n) is 8.42. The lowest BCUT2D eigenvalue weighted by atomic mass is 9.94. The third-order valence-electron chi connectivity index (χ3n) is 5.80. The summed E-state index contributed by atoms with van der Waals surface area (Å²) in [6, 6.07) is 17.0. The van der Waals surface area contributed by atoms with Crippen molar-refractivity contribution in [3.63, 3.8) is 0 Å². The van der Waals surface area contributed by atoms with Crippen molar-refractivity contribution < 1.29 is 32.3 Å². The number of rotatable bonds is 9. The number of carbonyl (C=O) groups is 1. The summed E-state index contributed by atoms with van der Waals surface area (Å²) in [7, 11) is 1.42. The highest BCUT2D eigenvalue weighted by molar-refractivity contribution is 5.75. The maximum absolute atomic E-state index is 14.0. The van der Waals surface area contributed by atoms with E-state index in [4.69, 9.17) is 9.26 Å². The largest absolute Gasteiger partial charge is 0.480 e. The van der Waals surface area contributed by atoms with Crippen LogP contribution in [0.5, 0.6) is 0 Å². The van der Waals surface area contributed by atoms with Crippen LogP contribution in [0.3, 0.4) is 0 Å². The second-order valence-corrected chi connectivity index (χ2v) is 8.42. The van der Waals surface area contributed by atoms with Crippen LogP contribution >= 0.6 is 0 Å². The molecule has 0 radical (unpaired) electrons. The van der Waals surface area contributed by atoms with Gasteiger partial charge in [-0.15, -0.1) is 0 Å². The van der Waals surface area contributed by atoms with Crippen LogP contribution in [0.15, 0.2) is 71.3 Å². The summed E-state index contributed by atoms with van der Waals surface area (Å²) in [5.41, 5.74) is 1.97. The molecule has 1 atom stereocenters. The van der Waals surface area contributed by atoms with Crippen molar-refractivity contribution in [3.8, 4) is 34.0 Å². The SMILES string of the molecule is COCC(NCc1cccc(-c2noc(-c3ccc(-c4ccccc4C)c(C(F)(F)F)c3)n2)c1)C(=O)O. The molecule has 1 unspecified atom stereocenters. The normalized spacial score (nSPS) is 12.5. The summed E-state index contributed by atoms with van der Waals surface area (Å²) in [6.45, 7) is 2.01. The zero-order valence-electron chi connectivity index (χ0n) is 20.0. The van der Waals surface area contributed by atoms with Gasteiger partial charge in [0.2, 0.25) is 5.82 Å². The first-order chi connectivity index (χ1) is 17.7. The van der Waals surface area contributed by atoms with Crippen LogP contribution in [0.2, 0.25) is 0 Å². The van der Waals surface area contributed by atoms with Gasteiger partial charge in [-0.05, 0) is 47.4 Å². The van der Waals surface area contributed by atoms with Crippen molar-refractivity contribution in [1.29, 1.82) is 0 Å². The first-order valence-electron chi connectivity index (χ1n) is 11.3. The number of aliphatic carboxylic acids is 1. The summed E-state index contributed by atoms with van der Waals surface area (Å²) in [5, 5.41) is 16.1. The van der Waals surface area contributed by atoms with Crippen LogP contribution in [-0.4, -0.2) is 41.0 Å². The van der Waals surface area contributed by atoms with Gasteiger partial charge >= 0.3 is 12.1 Å². The zero-order valence-corrected chi connectivity index (χ0v) is 20.0. The van der Waals surface area contributed by atoms with Crippen molar-refractivity contribution in [2.45, 2.75) is 25.7 Å². The van der Waals surface area contributed by atoms with Gasteiger partial charge in [0.25, 0.3) is 5.89 Å². The van der Waals surface area contributed by atoms with E-state index in [0.29, 0.717) is 11.1 Å². The number of carboxylic acids is 1. The average Bonchev–Trinajstić information content (AvgIpc) is 3.36. The lowest BCUT2D eigenvalue weighted by Crippen LogP contribution is -2.39. The van der Waals surface area contributed by atoms with E-state index in [0.717, 1.165) is 17.2 Å². The maximum Gasteiger partial charge on any atom is 0.417 e. The number of nitrogens with zero attached hydrogens (tertiary/aromatic N) is 2. The number of nitrogens with one attached hydrogen (secondary N) is 1. The minimum Gasteiger partial charge on any atom is -0.480 e. The maximum atomic E-state index is 14.0. The fraction of sp³-hybridized carbons (Fsp3) is 0.222. The van der Waals surface area contributed by atoms with E-state index in [-0.39, 0.29) is 36.0 Å². The van der Waals surface area contributed by atoms with Crippen LogP contribution in [0.4, 0.5) is 13.2 Å². The number of aromatic nitrogens is 2. The van der Waals surface area contributed by atoms with Crippen molar-refractivity contribution >= 4 is 5.97 Å². The number of hydrogen-bond acceptors (Lipinski definition) is 6. The van der Waals surface area contributed by atoms with Crippen LogP contribution in [-0.2, 0) is 22.3 Å². The smallest absolute Gasteiger partial charge is 0.417 e. The number of halogens is 3. The van der Waals surface area contributed by atoms with Crippen molar-refractivity contribution in [1.82, 2.24) is 15.5 Å². The van der Waals surface area contributed by atoms with E-state index in [1.807, 2.05) is 0 Å². The first kappa shape index (κ1) is 26.1. The number of hydrogen-bond donors (Lipinski definition) is 2. The molecule has 3 aromatic carbocycles. The van der Waals surface area contributed by atoms with Crippen LogP contribution < -0.4 is 5.32 Å². The number of aryl methyl sites for hydroxylation is 1. The quantitative estimate of drug-likeness (QED) is 0.302. The molecular weight excluding hydrogens is 487 g/mol. The molecule has 1 aromatic heterocycles. The summed E-state index contributed by atoms with van der Waals surface area (Å²) in [5.74, 6) is -0.890. The molecule has 0 saturated carbocycles. The van der Waals surface area contributed by atoms with Crippen molar-refractivity contribution in [2.24, 2.45) is 0 Å². The molecule has 0 aliphatic heterocycles. The van der Waals surface area contributed by atoms with Gasteiger partial charge in [0, 0.05) is 24.8 Å². The lowest BCUT2D eigenvalue weighted by molar-refractivity contribution is -0.141. The Morgan fingerprint density at radius 3 is 2.54 bits per heavy atom. The Balaban J connectivity index is 1.61. The average molecular weight is 512 g/mol. The lowest BCUT2D eigenvalue weighted by Gasteiger charge is -2.15. The number of benzene rings is 3. The number of alkyl halides is 3. The molecule has 0 aliphatic carbocycles. The van der Waals surface area contributed by atoms with E-state index in [1.165, 1.54) is 19.2 Å². The fourth-order valence-corrected chi connectivity index (χ4v) is 3.93. The first-order valence-corrected chi connectivity index (χ1v) is 11.3. The zero-order chi connectivity index (χ0) is 26.6. The Bertz CT molecular complexity index is 1400. The van der Waals surface area contributed by atoms with E-state index < -0.39 is 23.8 Å². The Kier molecular flexibility index (Phi) is 7.70. The number of ether oxygens (including phenoxy) is 1. The van der Waals surface area contributed by atoms with Gasteiger partial charge < -0.3 is 14.4 Å². The summed E-state index contributed by atoms with van der Waals surface area (Å²) in [6.07, 6.45) is -4.59. The minimum absolute atomic E-state index is 0.00572. The van der Waals surface area contributed by atoms with Gasteiger partial charge in [0.15, 0.2) is 0 Å². The Labute approximate surface area is 210 Å². The van der Waals surface area contributed by atoms with E-state index in [1.54, 1.807) is 55.5 Å². The third-order valence-corrected chi connectivity index (χ3v) is 5.80. The molecular formula is C27H24F3N3O4. The number of methoxy groups -OCH3 is 1. The highest BCUT2D eigenvalue weighted by Crippen LogP contribution is 2.40. The van der Waals surface area contributed by atoms with E-state index in [9.17, 15) is 23.1 Å². The Hall–Kier alpha value is -4.02. The Morgan fingerprint density at radius 1 is 1.05 bits per heavy atom. The summed E-state index contributed by atoms with van der Waals surface area (Å²) < 4.78 is 52.2. The molecule has 0 bridgehead atoms. The predicted molar refractivity (Wildman–Crippen MR) is 130 cm³/mol. The van der Waals surface area contributed by atoms with Crippen LogP contribution in [0.25, 0.3) is 34.0 Å². The van der Waals surface area contributed by atoms with Gasteiger partial charge in [0.1, 0.15) is 6.04 Å². The highest BCUT2D eigenvalue weighted by atomic mass is 19.4. The van der Waals surface area contributed by atoms with Crippen molar-refractivity contribution in [3.05, 3.63) is 83.4 Å². The molecule has 4 rings (SSSR count). The molecule has 0 amide bonds. The molecule has 0 fully saturated rings. The summed E-state index contributed by atoms with van der Waals surface area (Å²) >= 11 is 0. The molecule has 1 heterocycles. The molecule has 10 heteroatoms. The molecule has 7 nitrogen and oxygen atoms in total. The minimum atomic E-state index is -4.59. The molecule has 4 aromatic rings. The van der Waals surface area contributed by atoms with Gasteiger partial charge in [0.05, 0.1) is 12.2 Å². The van der Waals surface area contributed by atoms with Gasteiger partial charge in [-0.2, -0.15) is 18.2 Å². The molecule has 37 heavy (non-hydrogen) atoms. The van der Waals surface area contributed by atoms with E-state index >= 15 is 0 Å². The monoisotopic (exact) mass is 511 g/mol. The Morgan fingerprint density at radius 2 is 1.84 bits per heavy atom. The molecule has 192 valence electrons. The van der Waals surface area contributed by atoms with Crippen molar-refractivity contribution in [2.75, 3.05) is 13.7 Å². The van der Waals surface area contributed by atoms with Gasteiger partial charge in [-0.3, -0.25) is 10.1 Å². The molecule has 0 spiro atoms. The summed E-state index contributed by atoms with van der Waals surface area (Å²) in [4.78, 5) is 15.6.